The molecular weight excluding hydrogens is 306 g/mol. The summed E-state index contributed by atoms with van der Waals surface area (Å²) in [4.78, 5) is 12.5. The zero-order valence-electron chi connectivity index (χ0n) is 14.3. The van der Waals surface area contributed by atoms with Crippen LogP contribution in [-0.2, 0) is 17.8 Å². The van der Waals surface area contributed by atoms with Gasteiger partial charge in [0.05, 0.1) is 24.0 Å². The quantitative estimate of drug-likeness (QED) is 0.880. The maximum absolute atomic E-state index is 12.5. The minimum absolute atomic E-state index is 0.0460. The van der Waals surface area contributed by atoms with Gasteiger partial charge in [-0.05, 0) is 26.2 Å². The van der Waals surface area contributed by atoms with Crippen LogP contribution in [0.3, 0.4) is 0 Å². The van der Waals surface area contributed by atoms with Gasteiger partial charge in [0.25, 0.3) is 5.91 Å². The van der Waals surface area contributed by atoms with E-state index in [2.05, 4.69) is 22.4 Å². The van der Waals surface area contributed by atoms with E-state index < -0.39 is 0 Å². The van der Waals surface area contributed by atoms with E-state index in [9.17, 15) is 4.79 Å². The molecule has 1 aliphatic rings. The normalized spacial score (nSPS) is 20.9. The Morgan fingerprint density at radius 3 is 2.88 bits per heavy atom. The third kappa shape index (κ3) is 3.67. The molecule has 0 saturated carbocycles. The second-order valence-corrected chi connectivity index (χ2v) is 6.14. The molecule has 0 bridgehead atoms. The molecular formula is C17H25N5O2. The Labute approximate surface area is 142 Å². The number of ether oxygens (including phenoxy) is 1. The number of amides is 1. The summed E-state index contributed by atoms with van der Waals surface area (Å²) in [6.07, 6.45) is 9.93. The number of rotatable bonds is 6. The highest BCUT2D eigenvalue weighted by Crippen LogP contribution is 2.28. The summed E-state index contributed by atoms with van der Waals surface area (Å²) in [7, 11) is 0. The van der Waals surface area contributed by atoms with Gasteiger partial charge in [0.15, 0.2) is 0 Å². The van der Waals surface area contributed by atoms with E-state index in [1.807, 2.05) is 24.0 Å². The number of aryl methyl sites for hydroxylation is 2. The summed E-state index contributed by atoms with van der Waals surface area (Å²) < 4.78 is 9.60. The van der Waals surface area contributed by atoms with Gasteiger partial charge in [-0.25, -0.2) is 0 Å². The van der Waals surface area contributed by atoms with Crippen molar-refractivity contribution in [2.45, 2.75) is 58.3 Å². The molecule has 1 aliphatic heterocycles. The Morgan fingerprint density at radius 1 is 1.29 bits per heavy atom. The van der Waals surface area contributed by atoms with Gasteiger partial charge in [0.2, 0.25) is 0 Å². The molecule has 24 heavy (non-hydrogen) atoms. The van der Waals surface area contributed by atoms with Crippen LogP contribution in [0.4, 0.5) is 0 Å². The summed E-state index contributed by atoms with van der Waals surface area (Å²) >= 11 is 0. The number of carbonyl (C=O) groups is 1. The Bertz CT molecular complexity index is 678. The van der Waals surface area contributed by atoms with Gasteiger partial charge in [-0.3, -0.25) is 14.2 Å². The van der Waals surface area contributed by atoms with Crippen LogP contribution in [0.25, 0.3) is 0 Å². The lowest BCUT2D eigenvalue weighted by Gasteiger charge is -2.31. The average Bonchev–Trinajstić information content (AvgIpc) is 3.25. The van der Waals surface area contributed by atoms with E-state index in [4.69, 9.17) is 4.74 Å². The van der Waals surface area contributed by atoms with Crippen LogP contribution >= 0.6 is 0 Å². The van der Waals surface area contributed by atoms with Crippen molar-refractivity contribution in [1.29, 1.82) is 0 Å². The lowest BCUT2D eigenvalue weighted by atomic mass is 9.98. The monoisotopic (exact) mass is 331 g/mol. The van der Waals surface area contributed by atoms with Gasteiger partial charge >= 0.3 is 0 Å². The van der Waals surface area contributed by atoms with Crippen molar-refractivity contribution in [3.8, 4) is 0 Å². The molecule has 0 unspecified atom stereocenters. The molecule has 3 heterocycles. The van der Waals surface area contributed by atoms with E-state index >= 15 is 0 Å². The number of hydrogen-bond acceptors (Lipinski definition) is 4. The van der Waals surface area contributed by atoms with Gasteiger partial charge < -0.3 is 10.1 Å². The summed E-state index contributed by atoms with van der Waals surface area (Å²) in [5.74, 6) is -0.0965. The van der Waals surface area contributed by atoms with E-state index in [1.54, 1.807) is 17.1 Å². The Kier molecular flexibility index (Phi) is 5.30. The highest BCUT2D eigenvalue weighted by Gasteiger charge is 2.30. The first-order chi connectivity index (χ1) is 11.7. The van der Waals surface area contributed by atoms with Gasteiger partial charge in [-0.15, -0.1) is 0 Å². The molecule has 0 spiro atoms. The first-order valence-corrected chi connectivity index (χ1v) is 8.68. The van der Waals surface area contributed by atoms with E-state index in [-0.39, 0.29) is 18.1 Å². The van der Waals surface area contributed by atoms with Crippen LogP contribution in [0.2, 0.25) is 0 Å². The van der Waals surface area contributed by atoms with Crippen LogP contribution in [0.15, 0.2) is 24.8 Å². The molecule has 7 nitrogen and oxygen atoms in total. The third-order valence-corrected chi connectivity index (χ3v) is 4.29. The molecule has 3 rings (SSSR count). The van der Waals surface area contributed by atoms with Crippen molar-refractivity contribution < 1.29 is 9.53 Å². The number of carbonyl (C=O) groups excluding carboxylic acids is 1. The van der Waals surface area contributed by atoms with Crippen LogP contribution in [0.5, 0.6) is 0 Å². The molecule has 0 radical (unpaired) electrons. The molecule has 1 saturated heterocycles. The topological polar surface area (TPSA) is 74.0 Å². The minimum Gasteiger partial charge on any atom is -0.371 e. The van der Waals surface area contributed by atoms with Crippen LogP contribution in [-0.4, -0.2) is 38.1 Å². The van der Waals surface area contributed by atoms with Crippen LogP contribution < -0.4 is 5.32 Å². The van der Waals surface area contributed by atoms with Crippen molar-refractivity contribution >= 4 is 5.91 Å². The third-order valence-electron chi connectivity index (χ3n) is 4.29. The lowest BCUT2D eigenvalue weighted by molar-refractivity contribution is -0.00950. The SMILES string of the molecule is CCCn1cc(C(=O)N[C@H]2CCCO[C@@H]2c2cnn(CC)c2)cn1. The Hall–Kier alpha value is -2.15. The molecule has 1 N–H and O–H groups in total. The predicted octanol–water partition coefficient (Wildman–Crippen LogP) is 2.16. The standard InChI is InChI=1S/C17H25N5O2/c1-3-7-22-12-14(10-19-22)17(23)20-15-6-5-8-24-16(15)13-9-18-21(4-2)11-13/h9-12,15-16H,3-8H2,1-2H3,(H,20,23)/t15-,16+/m0/s1. The molecule has 130 valence electrons. The van der Waals surface area contributed by atoms with Crippen molar-refractivity contribution in [2.75, 3.05) is 6.61 Å². The molecule has 1 amide bonds. The van der Waals surface area contributed by atoms with E-state index in [0.717, 1.165) is 37.9 Å². The lowest BCUT2D eigenvalue weighted by Crippen LogP contribution is -2.42. The van der Waals surface area contributed by atoms with Gasteiger partial charge in [-0.1, -0.05) is 6.92 Å². The van der Waals surface area contributed by atoms with Crippen LogP contribution in [0.1, 0.15) is 55.1 Å². The van der Waals surface area contributed by atoms with Crippen molar-refractivity contribution in [3.63, 3.8) is 0 Å². The summed E-state index contributed by atoms with van der Waals surface area (Å²) in [6, 6.07) is -0.0460. The van der Waals surface area contributed by atoms with Crippen LogP contribution in [0, 0.1) is 0 Å². The van der Waals surface area contributed by atoms with Crippen molar-refractivity contribution in [3.05, 3.63) is 35.9 Å². The fraction of sp³-hybridized carbons (Fsp3) is 0.588. The van der Waals surface area contributed by atoms with Gasteiger partial charge in [0, 0.05) is 37.7 Å². The Morgan fingerprint density at radius 2 is 2.12 bits per heavy atom. The fourth-order valence-corrected chi connectivity index (χ4v) is 3.04. The van der Waals surface area contributed by atoms with Crippen molar-refractivity contribution in [2.24, 2.45) is 0 Å². The number of nitrogens with zero attached hydrogens (tertiary/aromatic N) is 4. The molecule has 0 aliphatic carbocycles. The maximum Gasteiger partial charge on any atom is 0.254 e. The first-order valence-electron chi connectivity index (χ1n) is 8.68. The second kappa shape index (κ2) is 7.61. The number of nitrogens with one attached hydrogen (secondary N) is 1. The largest absolute Gasteiger partial charge is 0.371 e. The molecule has 2 aromatic rings. The zero-order valence-corrected chi connectivity index (χ0v) is 14.3. The van der Waals surface area contributed by atoms with E-state index in [1.165, 1.54) is 0 Å². The second-order valence-electron chi connectivity index (χ2n) is 6.14. The molecule has 2 aromatic heterocycles. The predicted molar refractivity (Wildman–Crippen MR) is 89.6 cm³/mol. The smallest absolute Gasteiger partial charge is 0.254 e. The average molecular weight is 331 g/mol. The highest BCUT2D eigenvalue weighted by molar-refractivity contribution is 5.93. The molecule has 7 heteroatoms. The summed E-state index contributed by atoms with van der Waals surface area (Å²) in [5.41, 5.74) is 1.61. The molecule has 2 atom stereocenters. The summed E-state index contributed by atoms with van der Waals surface area (Å²) in [6.45, 7) is 6.48. The van der Waals surface area contributed by atoms with Gasteiger partial charge in [0.1, 0.15) is 6.10 Å². The zero-order chi connectivity index (χ0) is 16.9. The fourth-order valence-electron chi connectivity index (χ4n) is 3.04. The molecule has 1 fully saturated rings. The summed E-state index contributed by atoms with van der Waals surface area (Å²) in [5, 5.41) is 11.7. The first kappa shape index (κ1) is 16.7. The van der Waals surface area contributed by atoms with Crippen molar-refractivity contribution in [1.82, 2.24) is 24.9 Å². The molecule has 0 aromatic carbocycles. The minimum atomic E-state index is -0.145. The Balaban J connectivity index is 1.69. The number of hydrogen-bond donors (Lipinski definition) is 1. The number of aromatic nitrogens is 4. The van der Waals surface area contributed by atoms with Gasteiger partial charge in [-0.2, -0.15) is 10.2 Å². The highest BCUT2D eigenvalue weighted by atomic mass is 16.5. The van der Waals surface area contributed by atoms with E-state index in [0.29, 0.717) is 12.2 Å². The maximum atomic E-state index is 12.5.